The summed E-state index contributed by atoms with van der Waals surface area (Å²) in [4.78, 5) is 0. The maximum absolute atomic E-state index is 5.27. The zero-order chi connectivity index (χ0) is 5.70. The zero-order valence-corrected chi connectivity index (χ0v) is 5.24. The standard InChI is InChI=1S/C3H5ClO.ClH2N/c4-1-3-2-5-3;1-2/h3H,1-2H2;2H2. The Labute approximate surface area is 52.6 Å². The van der Waals surface area contributed by atoms with E-state index in [2.05, 4.69) is 17.0 Å². The molecule has 0 aromatic rings. The molecule has 0 spiro atoms. The van der Waals surface area contributed by atoms with E-state index in [0.29, 0.717) is 12.0 Å². The predicted molar refractivity (Wildman–Crippen MR) is 30.5 cm³/mol. The molecule has 0 aliphatic carbocycles. The first-order valence-electron chi connectivity index (χ1n) is 1.83. The maximum atomic E-state index is 5.27. The Morgan fingerprint density at radius 3 is 2.14 bits per heavy atom. The third-order valence-corrected chi connectivity index (χ3v) is 0.919. The predicted octanol–water partition coefficient (Wildman–Crippen LogP) is 0.723. The van der Waals surface area contributed by atoms with Gasteiger partial charge in [-0.25, -0.2) is 5.25 Å². The van der Waals surface area contributed by atoms with Crippen LogP contribution in [0.3, 0.4) is 0 Å². The fraction of sp³-hybridized carbons (Fsp3) is 1.00. The summed E-state index contributed by atoms with van der Waals surface area (Å²) >= 11 is 9.41. The highest BCUT2D eigenvalue weighted by Gasteiger charge is 2.19. The molecule has 1 aliphatic rings. The molecule has 0 amide bonds. The Balaban J connectivity index is 0.000000162. The molecule has 0 bridgehead atoms. The van der Waals surface area contributed by atoms with Crippen LogP contribution >= 0.6 is 23.4 Å². The van der Waals surface area contributed by atoms with Crippen molar-refractivity contribution in [3.05, 3.63) is 0 Å². The second-order valence-electron chi connectivity index (χ2n) is 1.11. The molecule has 1 heterocycles. The van der Waals surface area contributed by atoms with E-state index in [-0.39, 0.29) is 0 Å². The molecule has 44 valence electrons. The van der Waals surface area contributed by atoms with E-state index in [9.17, 15) is 0 Å². The minimum atomic E-state index is 0.400. The van der Waals surface area contributed by atoms with Crippen molar-refractivity contribution in [3.63, 3.8) is 0 Å². The smallest absolute Gasteiger partial charge is 0.0944 e. The fourth-order valence-corrected chi connectivity index (χ4v) is 0.335. The molecule has 0 aromatic carbocycles. The Morgan fingerprint density at radius 1 is 1.71 bits per heavy atom. The van der Waals surface area contributed by atoms with E-state index < -0.39 is 0 Å². The van der Waals surface area contributed by atoms with Gasteiger partial charge in [0.15, 0.2) is 0 Å². The summed E-state index contributed by atoms with van der Waals surface area (Å²) in [5.74, 6) is 0.667. The monoisotopic (exact) mass is 143 g/mol. The molecule has 7 heavy (non-hydrogen) atoms. The summed E-state index contributed by atoms with van der Waals surface area (Å²) in [7, 11) is 0. The highest BCUT2D eigenvalue weighted by atomic mass is 35.5. The number of ether oxygens (including phenoxy) is 1. The molecule has 2 N–H and O–H groups in total. The van der Waals surface area contributed by atoms with Gasteiger partial charge in [-0.3, -0.25) is 0 Å². The minimum Gasteiger partial charge on any atom is -0.372 e. The molecule has 1 fully saturated rings. The second-order valence-corrected chi connectivity index (χ2v) is 1.42. The number of rotatable bonds is 1. The topological polar surface area (TPSA) is 38.5 Å². The number of hydrogen-bond donors (Lipinski definition) is 1. The Morgan fingerprint density at radius 2 is 2.14 bits per heavy atom. The van der Waals surface area contributed by atoms with Gasteiger partial charge >= 0.3 is 0 Å². The minimum absolute atomic E-state index is 0.400. The summed E-state index contributed by atoms with van der Waals surface area (Å²) in [6, 6.07) is 0. The van der Waals surface area contributed by atoms with Gasteiger partial charge < -0.3 is 4.74 Å². The first-order chi connectivity index (χ1) is 3.43. The summed E-state index contributed by atoms with van der Waals surface area (Å²) in [5, 5.41) is 3.97. The van der Waals surface area contributed by atoms with Crippen LogP contribution in [0.5, 0.6) is 0 Å². The quantitative estimate of drug-likeness (QED) is 0.334. The number of alkyl halides is 1. The summed E-state index contributed by atoms with van der Waals surface area (Å²) in [5.41, 5.74) is 0. The molecule has 1 aliphatic heterocycles. The molecule has 4 heteroatoms. The molecule has 0 aromatic heterocycles. The maximum Gasteiger partial charge on any atom is 0.0944 e. The molecule has 1 rings (SSSR count). The fourth-order valence-electron chi connectivity index (χ4n) is 0.157. The summed E-state index contributed by atoms with van der Waals surface area (Å²) in [6.07, 6.45) is 0.400. The molecule has 1 unspecified atom stereocenters. The van der Waals surface area contributed by atoms with Crippen LogP contribution in [0, 0.1) is 0 Å². The number of halogens is 2. The highest BCUT2D eigenvalue weighted by molar-refractivity contribution is 6.18. The molecule has 1 saturated heterocycles. The summed E-state index contributed by atoms with van der Waals surface area (Å²) < 4.78 is 4.73. The van der Waals surface area contributed by atoms with E-state index in [1.165, 1.54) is 0 Å². The number of epoxide rings is 1. The van der Waals surface area contributed by atoms with E-state index in [1.807, 2.05) is 0 Å². The van der Waals surface area contributed by atoms with Gasteiger partial charge in [-0.05, 0) is 11.8 Å². The van der Waals surface area contributed by atoms with Crippen molar-refractivity contribution in [1.29, 1.82) is 0 Å². The van der Waals surface area contributed by atoms with Gasteiger partial charge in [0.05, 0.1) is 18.6 Å². The Bertz CT molecular complexity index is 39.9. The van der Waals surface area contributed by atoms with Gasteiger partial charge in [0.2, 0.25) is 0 Å². The molecule has 0 saturated carbocycles. The Kier molecular flexibility index (Phi) is 4.99. The molecule has 1 atom stereocenters. The van der Waals surface area contributed by atoms with E-state index in [4.69, 9.17) is 16.3 Å². The van der Waals surface area contributed by atoms with Crippen LogP contribution in [0.15, 0.2) is 0 Å². The first-order valence-corrected chi connectivity index (χ1v) is 2.80. The van der Waals surface area contributed by atoms with Crippen molar-refractivity contribution in [2.75, 3.05) is 12.5 Å². The average Bonchev–Trinajstić information content (AvgIpc) is 2.52. The van der Waals surface area contributed by atoms with Crippen molar-refractivity contribution >= 4 is 23.4 Å². The molecular weight excluding hydrogens is 137 g/mol. The second kappa shape index (κ2) is 4.65. The lowest BCUT2D eigenvalue weighted by atomic mass is 10.6. The van der Waals surface area contributed by atoms with Gasteiger partial charge in [-0.1, -0.05) is 0 Å². The van der Waals surface area contributed by atoms with E-state index in [1.54, 1.807) is 0 Å². The zero-order valence-electron chi connectivity index (χ0n) is 3.73. The van der Waals surface area contributed by atoms with Crippen LogP contribution in [-0.4, -0.2) is 18.6 Å². The van der Waals surface area contributed by atoms with Gasteiger partial charge in [0, 0.05) is 0 Å². The molecule has 0 radical (unpaired) electrons. The summed E-state index contributed by atoms with van der Waals surface area (Å²) in [6.45, 7) is 0.878. The number of nitrogens with two attached hydrogens (primary N) is 1. The van der Waals surface area contributed by atoms with Gasteiger partial charge in [-0.2, -0.15) is 0 Å². The highest BCUT2D eigenvalue weighted by Crippen LogP contribution is 2.08. The molecular formula is C3H7Cl2NO. The van der Waals surface area contributed by atoms with E-state index >= 15 is 0 Å². The van der Waals surface area contributed by atoms with Crippen LogP contribution in [0.25, 0.3) is 0 Å². The van der Waals surface area contributed by atoms with Crippen molar-refractivity contribution < 1.29 is 4.74 Å². The van der Waals surface area contributed by atoms with Crippen LogP contribution < -0.4 is 5.25 Å². The van der Waals surface area contributed by atoms with Crippen molar-refractivity contribution in [2.45, 2.75) is 6.10 Å². The number of hydrogen-bond acceptors (Lipinski definition) is 2. The van der Waals surface area contributed by atoms with Crippen molar-refractivity contribution in [1.82, 2.24) is 0 Å². The lowest BCUT2D eigenvalue weighted by Gasteiger charge is -1.67. The normalized spacial score (nSPS) is 25.3. The van der Waals surface area contributed by atoms with Gasteiger partial charge in [-0.15, -0.1) is 11.6 Å². The third kappa shape index (κ3) is 4.35. The largest absolute Gasteiger partial charge is 0.372 e. The van der Waals surface area contributed by atoms with Gasteiger partial charge in [0.25, 0.3) is 0 Å². The van der Waals surface area contributed by atoms with Crippen LogP contribution in [0.1, 0.15) is 0 Å². The third-order valence-electron chi connectivity index (χ3n) is 0.574. The average molecular weight is 144 g/mol. The lowest BCUT2D eigenvalue weighted by Crippen LogP contribution is -1.80. The van der Waals surface area contributed by atoms with Crippen LogP contribution in [-0.2, 0) is 4.74 Å². The van der Waals surface area contributed by atoms with Gasteiger partial charge in [0.1, 0.15) is 0 Å². The van der Waals surface area contributed by atoms with Crippen LogP contribution in [0.4, 0.5) is 0 Å². The van der Waals surface area contributed by atoms with Crippen molar-refractivity contribution in [3.8, 4) is 0 Å². The molecule has 2 nitrogen and oxygen atoms in total. The van der Waals surface area contributed by atoms with Crippen molar-refractivity contribution in [2.24, 2.45) is 5.25 Å². The lowest BCUT2D eigenvalue weighted by molar-refractivity contribution is 0.425. The van der Waals surface area contributed by atoms with E-state index in [0.717, 1.165) is 6.61 Å². The van der Waals surface area contributed by atoms with Crippen LogP contribution in [0.2, 0.25) is 0 Å². The first kappa shape index (κ1) is 7.50. The Hall–Kier alpha value is 0.500. The SMILES string of the molecule is ClCC1CO1.NCl.